The van der Waals surface area contributed by atoms with E-state index in [0.717, 1.165) is 15.4 Å². The molecule has 0 saturated heterocycles. The number of carbonyl (C=O) groups excluding carboxylic acids is 1. The second kappa shape index (κ2) is 6.58. The molecule has 0 spiro atoms. The number of rotatable bonds is 4. The van der Waals surface area contributed by atoms with Crippen LogP contribution in [0, 0.1) is 0 Å². The van der Waals surface area contributed by atoms with Gasteiger partial charge in [0.2, 0.25) is 11.8 Å². The highest BCUT2D eigenvalue weighted by Gasteiger charge is 2.07. The van der Waals surface area contributed by atoms with E-state index in [1.807, 2.05) is 18.2 Å². The Labute approximate surface area is 141 Å². The van der Waals surface area contributed by atoms with Crippen molar-refractivity contribution < 1.29 is 9.53 Å². The highest BCUT2D eigenvalue weighted by molar-refractivity contribution is 9.10. The van der Waals surface area contributed by atoms with Crippen molar-refractivity contribution in [1.82, 2.24) is 9.97 Å². The van der Waals surface area contributed by atoms with E-state index in [1.165, 1.54) is 12.4 Å². The molecule has 23 heavy (non-hydrogen) atoms. The normalized spacial score (nSPS) is 10.3. The maximum Gasteiger partial charge on any atom is 0.247 e. The van der Waals surface area contributed by atoms with Gasteiger partial charge in [-0.25, -0.2) is 9.97 Å². The smallest absolute Gasteiger partial charge is 0.247 e. The summed E-state index contributed by atoms with van der Waals surface area (Å²) >= 11 is 3.43. The van der Waals surface area contributed by atoms with Crippen LogP contribution in [0.2, 0.25) is 0 Å². The average Bonchev–Trinajstić information content (AvgIpc) is 2.55. The summed E-state index contributed by atoms with van der Waals surface area (Å²) in [6, 6.07) is 12.7. The van der Waals surface area contributed by atoms with Gasteiger partial charge in [0.05, 0.1) is 10.9 Å². The Kier molecular flexibility index (Phi) is 4.34. The van der Waals surface area contributed by atoms with Crippen LogP contribution in [0.25, 0.3) is 10.9 Å². The molecule has 0 aliphatic rings. The van der Waals surface area contributed by atoms with Crippen LogP contribution in [-0.2, 0) is 4.79 Å². The summed E-state index contributed by atoms with van der Waals surface area (Å²) in [7, 11) is 0. The zero-order valence-corrected chi connectivity index (χ0v) is 13.6. The van der Waals surface area contributed by atoms with Crippen LogP contribution in [-0.4, -0.2) is 15.9 Å². The Balaban J connectivity index is 1.93. The minimum atomic E-state index is -0.279. The molecule has 0 fully saturated rings. The van der Waals surface area contributed by atoms with Crippen LogP contribution in [0.5, 0.6) is 11.6 Å². The highest BCUT2D eigenvalue weighted by Crippen LogP contribution is 2.29. The van der Waals surface area contributed by atoms with Crippen LogP contribution >= 0.6 is 15.9 Å². The van der Waals surface area contributed by atoms with Gasteiger partial charge in [-0.15, -0.1) is 0 Å². The SMILES string of the molecule is C=CC(=O)Nc1cccc(Oc2ncnc3ccc(Br)cc23)c1. The third-order valence-corrected chi connectivity index (χ3v) is 3.56. The van der Waals surface area contributed by atoms with E-state index in [4.69, 9.17) is 4.74 Å². The van der Waals surface area contributed by atoms with Gasteiger partial charge < -0.3 is 10.1 Å². The lowest BCUT2D eigenvalue weighted by molar-refractivity contribution is -0.111. The van der Waals surface area contributed by atoms with Crippen LogP contribution in [0.4, 0.5) is 5.69 Å². The van der Waals surface area contributed by atoms with E-state index in [0.29, 0.717) is 17.3 Å². The molecule has 0 aliphatic heterocycles. The van der Waals surface area contributed by atoms with E-state index in [2.05, 4.69) is 37.8 Å². The summed E-state index contributed by atoms with van der Waals surface area (Å²) in [6.45, 7) is 3.42. The topological polar surface area (TPSA) is 64.1 Å². The Morgan fingerprint density at radius 3 is 2.91 bits per heavy atom. The fourth-order valence-electron chi connectivity index (χ4n) is 2.03. The molecule has 0 radical (unpaired) electrons. The first-order valence-electron chi connectivity index (χ1n) is 6.77. The highest BCUT2D eigenvalue weighted by atomic mass is 79.9. The first-order chi connectivity index (χ1) is 11.2. The largest absolute Gasteiger partial charge is 0.438 e. The van der Waals surface area contributed by atoms with Crippen molar-refractivity contribution in [2.45, 2.75) is 0 Å². The number of hydrogen-bond donors (Lipinski definition) is 1. The Morgan fingerprint density at radius 1 is 1.22 bits per heavy atom. The van der Waals surface area contributed by atoms with Crippen molar-refractivity contribution in [3.05, 3.63) is 65.9 Å². The molecule has 114 valence electrons. The third kappa shape index (κ3) is 3.54. The van der Waals surface area contributed by atoms with Crippen molar-refractivity contribution in [1.29, 1.82) is 0 Å². The number of aromatic nitrogens is 2. The fourth-order valence-corrected chi connectivity index (χ4v) is 2.39. The second-order valence-corrected chi connectivity index (χ2v) is 5.58. The summed E-state index contributed by atoms with van der Waals surface area (Å²) in [5.41, 5.74) is 1.40. The zero-order valence-electron chi connectivity index (χ0n) is 12.0. The molecule has 6 heteroatoms. The van der Waals surface area contributed by atoms with Crippen LogP contribution < -0.4 is 10.1 Å². The van der Waals surface area contributed by atoms with Crippen molar-refractivity contribution in [2.75, 3.05) is 5.32 Å². The molecule has 0 atom stereocenters. The number of anilines is 1. The standard InChI is InChI=1S/C17H12BrN3O2/c1-2-16(22)21-12-4-3-5-13(9-12)23-17-14-8-11(18)6-7-15(14)19-10-20-17/h2-10H,1H2,(H,21,22). The number of fused-ring (bicyclic) bond motifs is 1. The van der Waals surface area contributed by atoms with Crippen LogP contribution in [0.3, 0.4) is 0 Å². The molecule has 0 bridgehead atoms. The maximum absolute atomic E-state index is 11.4. The lowest BCUT2D eigenvalue weighted by Gasteiger charge is -2.09. The third-order valence-electron chi connectivity index (χ3n) is 3.06. The number of hydrogen-bond acceptors (Lipinski definition) is 4. The van der Waals surface area contributed by atoms with Crippen LogP contribution in [0.15, 0.2) is 65.9 Å². The Hall–Kier alpha value is -2.73. The molecular formula is C17H12BrN3O2. The van der Waals surface area contributed by atoms with Gasteiger partial charge in [-0.05, 0) is 36.4 Å². The van der Waals surface area contributed by atoms with Gasteiger partial charge in [0.15, 0.2) is 0 Å². The minimum Gasteiger partial charge on any atom is -0.438 e. The summed E-state index contributed by atoms with van der Waals surface area (Å²) in [6.07, 6.45) is 2.66. The predicted octanol–water partition coefficient (Wildman–Crippen LogP) is 4.31. The molecule has 3 aromatic rings. The number of benzene rings is 2. The van der Waals surface area contributed by atoms with Gasteiger partial charge in [0, 0.05) is 16.2 Å². The summed E-state index contributed by atoms with van der Waals surface area (Å²) < 4.78 is 6.77. The van der Waals surface area contributed by atoms with Gasteiger partial charge in [0.25, 0.3) is 0 Å². The van der Waals surface area contributed by atoms with Crippen molar-refractivity contribution in [2.24, 2.45) is 0 Å². The number of ether oxygens (including phenoxy) is 1. The van der Waals surface area contributed by atoms with Crippen molar-refractivity contribution >= 4 is 38.4 Å². The number of nitrogens with one attached hydrogen (secondary N) is 1. The van der Waals surface area contributed by atoms with Gasteiger partial charge in [-0.2, -0.15) is 0 Å². The lowest BCUT2D eigenvalue weighted by Crippen LogP contribution is -2.07. The molecule has 0 aliphatic carbocycles. The average molecular weight is 370 g/mol. The van der Waals surface area contributed by atoms with E-state index >= 15 is 0 Å². The molecule has 2 aromatic carbocycles. The van der Waals surface area contributed by atoms with Crippen molar-refractivity contribution in [3.63, 3.8) is 0 Å². The monoisotopic (exact) mass is 369 g/mol. The molecule has 0 unspecified atom stereocenters. The molecular weight excluding hydrogens is 358 g/mol. The molecule has 0 saturated carbocycles. The Morgan fingerprint density at radius 2 is 2.09 bits per heavy atom. The molecule has 3 rings (SSSR count). The summed E-state index contributed by atoms with van der Waals surface area (Å²) in [4.78, 5) is 19.8. The number of carbonyl (C=O) groups is 1. The first kappa shape index (κ1) is 15.2. The molecule has 5 nitrogen and oxygen atoms in total. The quantitative estimate of drug-likeness (QED) is 0.696. The van der Waals surface area contributed by atoms with Gasteiger partial charge in [-0.3, -0.25) is 4.79 Å². The summed E-state index contributed by atoms with van der Waals surface area (Å²) in [5.74, 6) is 0.730. The number of amides is 1. The number of nitrogens with zero attached hydrogens (tertiary/aromatic N) is 2. The number of halogens is 1. The van der Waals surface area contributed by atoms with Crippen molar-refractivity contribution in [3.8, 4) is 11.6 Å². The zero-order chi connectivity index (χ0) is 16.2. The van der Waals surface area contributed by atoms with E-state index in [1.54, 1.807) is 24.3 Å². The molecule has 1 amide bonds. The van der Waals surface area contributed by atoms with Crippen LogP contribution in [0.1, 0.15) is 0 Å². The maximum atomic E-state index is 11.4. The van der Waals surface area contributed by atoms with Gasteiger partial charge >= 0.3 is 0 Å². The van der Waals surface area contributed by atoms with E-state index in [-0.39, 0.29) is 5.91 Å². The van der Waals surface area contributed by atoms with E-state index < -0.39 is 0 Å². The minimum absolute atomic E-state index is 0.279. The van der Waals surface area contributed by atoms with E-state index in [9.17, 15) is 4.79 Å². The first-order valence-corrected chi connectivity index (χ1v) is 7.56. The molecule has 1 heterocycles. The predicted molar refractivity (Wildman–Crippen MR) is 92.6 cm³/mol. The summed E-state index contributed by atoms with van der Waals surface area (Å²) in [5, 5.41) is 3.48. The molecule has 1 N–H and O–H groups in total. The lowest BCUT2D eigenvalue weighted by atomic mass is 10.2. The van der Waals surface area contributed by atoms with Gasteiger partial charge in [0.1, 0.15) is 12.1 Å². The molecule has 1 aromatic heterocycles. The second-order valence-electron chi connectivity index (χ2n) is 4.66. The Bertz CT molecular complexity index is 896. The fraction of sp³-hybridized carbons (Fsp3) is 0. The van der Waals surface area contributed by atoms with Gasteiger partial charge in [-0.1, -0.05) is 28.6 Å².